The summed E-state index contributed by atoms with van der Waals surface area (Å²) in [5.74, 6) is -1.34. The topological polar surface area (TPSA) is 65.5 Å². The molecule has 2 heterocycles. The minimum absolute atomic E-state index is 0.0272. The van der Waals surface area contributed by atoms with E-state index in [-0.39, 0.29) is 17.4 Å². The molecule has 4 rings (SSSR count). The number of rotatable bonds is 4. The van der Waals surface area contributed by atoms with Gasteiger partial charge in [-0.25, -0.2) is 13.8 Å². The van der Waals surface area contributed by atoms with Crippen LogP contribution in [0.25, 0.3) is 0 Å². The monoisotopic (exact) mass is 386 g/mol. The molecule has 1 aromatic carbocycles. The number of pyridine rings is 1. The number of piperazine rings is 1. The molecular weight excluding hydrogens is 366 g/mol. The lowest BCUT2D eigenvalue weighted by atomic mass is 10.2. The van der Waals surface area contributed by atoms with Crippen LogP contribution in [-0.4, -0.2) is 47.9 Å². The highest BCUT2D eigenvalue weighted by molar-refractivity contribution is 6.04. The number of nitrogens with zero attached hydrogens (tertiary/aromatic N) is 3. The maximum atomic E-state index is 13.3. The summed E-state index contributed by atoms with van der Waals surface area (Å²) in [5.41, 5.74) is 0.487. The zero-order valence-corrected chi connectivity index (χ0v) is 15.2. The van der Waals surface area contributed by atoms with Gasteiger partial charge in [-0.2, -0.15) is 0 Å². The number of amides is 2. The Hall–Kier alpha value is -3.03. The van der Waals surface area contributed by atoms with Crippen molar-refractivity contribution in [1.29, 1.82) is 0 Å². The van der Waals surface area contributed by atoms with Crippen molar-refractivity contribution in [1.82, 2.24) is 9.88 Å². The molecule has 0 bridgehead atoms. The van der Waals surface area contributed by atoms with Crippen LogP contribution in [-0.2, 0) is 4.79 Å². The Kier molecular flexibility index (Phi) is 4.93. The van der Waals surface area contributed by atoms with Crippen LogP contribution in [0.5, 0.6) is 0 Å². The standard InChI is InChI=1S/C20H20F2N4O2/c21-16-5-3-14(11-17(16)22)19(27)24-15-4-6-18(23-12-15)25-7-9-26(10-8-25)20(28)13-1-2-13/h3-6,11-13H,1-2,7-10H2,(H,24,27). The Morgan fingerprint density at radius 3 is 2.36 bits per heavy atom. The van der Waals surface area contributed by atoms with Crippen LogP contribution in [0.1, 0.15) is 23.2 Å². The van der Waals surface area contributed by atoms with E-state index in [9.17, 15) is 18.4 Å². The number of anilines is 2. The van der Waals surface area contributed by atoms with Gasteiger partial charge in [0.25, 0.3) is 5.91 Å². The summed E-state index contributed by atoms with van der Waals surface area (Å²) in [6, 6.07) is 6.49. The third kappa shape index (κ3) is 3.95. The fraction of sp³-hybridized carbons (Fsp3) is 0.350. The minimum Gasteiger partial charge on any atom is -0.353 e. The summed E-state index contributed by atoms with van der Waals surface area (Å²) in [7, 11) is 0. The molecule has 2 amide bonds. The van der Waals surface area contributed by atoms with Crippen LogP contribution >= 0.6 is 0 Å². The molecule has 0 unspecified atom stereocenters. The Bertz CT molecular complexity index is 892. The predicted molar refractivity (Wildman–Crippen MR) is 100 cm³/mol. The van der Waals surface area contributed by atoms with Crippen molar-refractivity contribution in [3.05, 3.63) is 53.7 Å². The quantitative estimate of drug-likeness (QED) is 0.878. The molecule has 2 aromatic rings. The van der Waals surface area contributed by atoms with Gasteiger partial charge in [0, 0.05) is 37.7 Å². The fourth-order valence-corrected chi connectivity index (χ4v) is 3.23. The number of aromatic nitrogens is 1. The highest BCUT2D eigenvalue weighted by Gasteiger charge is 2.34. The molecule has 8 heteroatoms. The van der Waals surface area contributed by atoms with Crippen molar-refractivity contribution >= 4 is 23.3 Å². The van der Waals surface area contributed by atoms with Gasteiger partial charge < -0.3 is 15.1 Å². The number of hydrogen-bond donors (Lipinski definition) is 1. The molecule has 146 valence electrons. The molecule has 6 nitrogen and oxygen atoms in total. The Morgan fingerprint density at radius 1 is 1.00 bits per heavy atom. The lowest BCUT2D eigenvalue weighted by Gasteiger charge is -2.35. The van der Waals surface area contributed by atoms with Gasteiger partial charge in [0.15, 0.2) is 11.6 Å². The lowest BCUT2D eigenvalue weighted by Crippen LogP contribution is -2.49. The van der Waals surface area contributed by atoms with Gasteiger partial charge >= 0.3 is 0 Å². The first-order chi connectivity index (χ1) is 13.5. The summed E-state index contributed by atoms with van der Waals surface area (Å²) in [4.78, 5) is 32.7. The summed E-state index contributed by atoms with van der Waals surface area (Å²) in [6.07, 6.45) is 3.55. The smallest absolute Gasteiger partial charge is 0.255 e. The first kappa shape index (κ1) is 18.3. The van der Waals surface area contributed by atoms with Crippen LogP contribution in [0.15, 0.2) is 36.5 Å². The normalized spacial score (nSPS) is 16.8. The molecule has 1 aromatic heterocycles. The van der Waals surface area contributed by atoms with Crippen molar-refractivity contribution in [2.75, 3.05) is 36.4 Å². The van der Waals surface area contributed by atoms with Crippen molar-refractivity contribution < 1.29 is 18.4 Å². The van der Waals surface area contributed by atoms with Gasteiger partial charge in [-0.05, 0) is 43.2 Å². The van der Waals surface area contributed by atoms with Crippen molar-refractivity contribution in [3.8, 4) is 0 Å². The van der Waals surface area contributed by atoms with E-state index in [1.807, 2.05) is 4.90 Å². The number of carbonyl (C=O) groups excluding carboxylic acids is 2. The maximum Gasteiger partial charge on any atom is 0.255 e. The molecule has 2 aliphatic rings. The second-order valence-corrected chi connectivity index (χ2v) is 7.07. The third-order valence-corrected chi connectivity index (χ3v) is 5.03. The summed E-state index contributed by atoms with van der Waals surface area (Å²) >= 11 is 0. The van der Waals surface area contributed by atoms with Gasteiger partial charge in [-0.15, -0.1) is 0 Å². The number of hydrogen-bond acceptors (Lipinski definition) is 4. The summed E-state index contributed by atoms with van der Waals surface area (Å²) in [5, 5.41) is 2.61. The minimum atomic E-state index is -1.07. The number of nitrogens with one attached hydrogen (secondary N) is 1. The predicted octanol–water partition coefficient (Wildman–Crippen LogP) is 2.67. The number of carbonyl (C=O) groups is 2. The first-order valence-corrected chi connectivity index (χ1v) is 9.27. The van der Waals surface area contributed by atoms with Gasteiger partial charge in [0.2, 0.25) is 5.91 Å². The van der Waals surface area contributed by atoms with Crippen LogP contribution in [0.4, 0.5) is 20.3 Å². The Balaban J connectivity index is 1.34. The molecular formula is C20H20F2N4O2. The number of benzene rings is 1. The first-order valence-electron chi connectivity index (χ1n) is 9.27. The van der Waals surface area contributed by atoms with Gasteiger partial charge in [-0.3, -0.25) is 9.59 Å². The summed E-state index contributed by atoms with van der Waals surface area (Å²) in [6.45, 7) is 2.80. The van der Waals surface area contributed by atoms with Gasteiger partial charge in [-0.1, -0.05) is 0 Å². The van der Waals surface area contributed by atoms with Crippen LogP contribution in [0.2, 0.25) is 0 Å². The van der Waals surface area contributed by atoms with Gasteiger partial charge in [0.1, 0.15) is 5.82 Å². The van der Waals surface area contributed by atoms with E-state index < -0.39 is 17.5 Å². The lowest BCUT2D eigenvalue weighted by molar-refractivity contribution is -0.132. The van der Waals surface area contributed by atoms with E-state index in [0.29, 0.717) is 31.9 Å². The Morgan fingerprint density at radius 2 is 1.75 bits per heavy atom. The fourth-order valence-electron chi connectivity index (χ4n) is 3.23. The molecule has 0 atom stereocenters. The molecule has 1 aliphatic carbocycles. The van der Waals surface area contributed by atoms with E-state index in [1.165, 1.54) is 12.3 Å². The van der Waals surface area contributed by atoms with E-state index in [2.05, 4.69) is 15.2 Å². The van der Waals surface area contributed by atoms with Crippen molar-refractivity contribution in [2.45, 2.75) is 12.8 Å². The highest BCUT2D eigenvalue weighted by atomic mass is 19.2. The zero-order chi connectivity index (χ0) is 19.7. The zero-order valence-electron chi connectivity index (χ0n) is 15.2. The Labute approximate surface area is 161 Å². The SMILES string of the molecule is O=C(Nc1ccc(N2CCN(C(=O)C3CC3)CC2)nc1)c1ccc(F)c(F)c1. The molecule has 1 saturated heterocycles. The molecule has 1 saturated carbocycles. The van der Waals surface area contributed by atoms with E-state index >= 15 is 0 Å². The third-order valence-electron chi connectivity index (χ3n) is 5.03. The van der Waals surface area contributed by atoms with E-state index in [0.717, 1.165) is 30.8 Å². The second-order valence-electron chi connectivity index (χ2n) is 7.07. The largest absolute Gasteiger partial charge is 0.353 e. The highest BCUT2D eigenvalue weighted by Crippen LogP contribution is 2.31. The van der Waals surface area contributed by atoms with Gasteiger partial charge in [0.05, 0.1) is 11.9 Å². The van der Waals surface area contributed by atoms with E-state index in [4.69, 9.17) is 0 Å². The number of halogens is 2. The molecule has 28 heavy (non-hydrogen) atoms. The van der Waals surface area contributed by atoms with Crippen molar-refractivity contribution in [2.24, 2.45) is 5.92 Å². The molecule has 1 N–H and O–H groups in total. The van der Waals surface area contributed by atoms with E-state index in [1.54, 1.807) is 12.1 Å². The summed E-state index contributed by atoms with van der Waals surface area (Å²) < 4.78 is 26.2. The molecule has 0 spiro atoms. The molecule has 2 fully saturated rings. The maximum absolute atomic E-state index is 13.3. The van der Waals surface area contributed by atoms with Crippen LogP contribution in [0, 0.1) is 17.6 Å². The average Bonchev–Trinajstić information content (AvgIpc) is 3.55. The van der Waals surface area contributed by atoms with Crippen LogP contribution < -0.4 is 10.2 Å². The van der Waals surface area contributed by atoms with Crippen LogP contribution in [0.3, 0.4) is 0 Å². The molecule has 0 radical (unpaired) electrons. The van der Waals surface area contributed by atoms with Crippen molar-refractivity contribution in [3.63, 3.8) is 0 Å². The second kappa shape index (κ2) is 7.53. The average molecular weight is 386 g/mol. The molecule has 1 aliphatic heterocycles.